The summed E-state index contributed by atoms with van der Waals surface area (Å²) in [6.45, 7) is 0.669. The van der Waals surface area contributed by atoms with E-state index in [1.807, 2.05) is 0 Å². The maximum Gasteiger partial charge on any atom is 0.321 e. The lowest BCUT2D eigenvalue weighted by molar-refractivity contribution is -0.143. The third kappa shape index (κ3) is 3.99. The van der Waals surface area contributed by atoms with Crippen LogP contribution in [0.5, 0.6) is 0 Å². The van der Waals surface area contributed by atoms with Crippen molar-refractivity contribution in [1.82, 2.24) is 4.90 Å². The van der Waals surface area contributed by atoms with E-state index >= 15 is 0 Å². The number of hydrogen-bond donors (Lipinski definition) is 2. The van der Waals surface area contributed by atoms with E-state index in [2.05, 4.69) is 5.32 Å². The highest BCUT2D eigenvalue weighted by Crippen LogP contribution is 2.25. The van der Waals surface area contributed by atoms with Gasteiger partial charge in [-0.1, -0.05) is 18.2 Å². The Bertz CT molecular complexity index is 841. The third-order valence-electron chi connectivity index (χ3n) is 4.42. The van der Waals surface area contributed by atoms with Crippen LogP contribution in [0.3, 0.4) is 0 Å². The van der Waals surface area contributed by atoms with Gasteiger partial charge in [0.2, 0.25) is 0 Å². The molecule has 0 aliphatic carbocycles. The van der Waals surface area contributed by atoms with E-state index in [9.17, 15) is 18.4 Å². The van der Waals surface area contributed by atoms with Crippen molar-refractivity contribution in [3.05, 3.63) is 54.1 Å². The smallest absolute Gasteiger partial charge is 0.321 e. The number of benzene rings is 2. The number of aliphatic carboxylic acids is 1. The topological polar surface area (TPSA) is 69.6 Å². The van der Waals surface area contributed by atoms with Crippen molar-refractivity contribution in [1.29, 1.82) is 0 Å². The highest BCUT2D eigenvalue weighted by Gasteiger charge is 2.28. The predicted molar refractivity (Wildman–Crippen MR) is 92.7 cm³/mol. The van der Waals surface area contributed by atoms with Gasteiger partial charge in [-0.2, -0.15) is 0 Å². The van der Waals surface area contributed by atoms with Gasteiger partial charge in [0.25, 0.3) is 0 Å². The van der Waals surface area contributed by atoms with Gasteiger partial charge in [0.15, 0.2) is 11.6 Å². The molecule has 0 saturated carbocycles. The fourth-order valence-corrected chi connectivity index (χ4v) is 3.02. The number of halogens is 2. The van der Waals surface area contributed by atoms with Crippen molar-refractivity contribution in [2.45, 2.75) is 12.8 Å². The molecule has 1 fully saturated rings. The lowest BCUT2D eigenvalue weighted by Crippen LogP contribution is -2.44. The summed E-state index contributed by atoms with van der Waals surface area (Å²) in [4.78, 5) is 25.0. The Balaban J connectivity index is 1.73. The molecule has 1 aliphatic rings. The molecule has 2 aromatic rings. The van der Waals surface area contributed by atoms with Crippen molar-refractivity contribution >= 4 is 17.7 Å². The zero-order valence-corrected chi connectivity index (χ0v) is 13.9. The molecule has 0 spiro atoms. The van der Waals surface area contributed by atoms with Gasteiger partial charge >= 0.3 is 12.0 Å². The molecule has 0 aromatic heterocycles. The lowest BCUT2D eigenvalue weighted by atomic mass is 9.99. The van der Waals surface area contributed by atoms with Crippen molar-refractivity contribution in [2.24, 2.45) is 5.92 Å². The number of likely N-dealkylation sites (tertiary alicyclic amines) is 1. The van der Waals surface area contributed by atoms with Crippen molar-refractivity contribution in [2.75, 3.05) is 18.4 Å². The van der Waals surface area contributed by atoms with Crippen LogP contribution in [0, 0.1) is 17.6 Å². The monoisotopic (exact) mass is 360 g/mol. The number of nitrogens with zero attached hydrogens (tertiary/aromatic N) is 1. The van der Waals surface area contributed by atoms with Gasteiger partial charge in [-0.3, -0.25) is 4.79 Å². The largest absolute Gasteiger partial charge is 0.481 e. The van der Waals surface area contributed by atoms with Crippen LogP contribution in [-0.4, -0.2) is 35.1 Å². The molecule has 0 bridgehead atoms. The fourth-order valence-electron chi connectivity index (χ4n) is 3.02. The molecule has 1 saturated heterocycles. The molecule has 2 aromatic carbocycles. The summed E-state index contributed by atoms with van der Waals surface area (Å²) in [5, 5.41) is 11.8. The molecule has 7 heteroatoms. The zero-order chi connectivity index (χ0) is 18.7. The van der Waals surface area contributed by atoms with E-state index in [1.165, 1.54) is 11.0 Å². The summed E-state index contributed by atoms with van der Waals surface area (Å²) >= 11 is 0. The first-order valence-electron chi connectivity index (χ1n) is 8.28. The number of piperidine rings is 1. The van der Waals surface area contributed by atoms with Crippen LogP contribution in [-0.2, 0) is 4.79 Å². The predicted octanol–water partition coefficient (Wildman–Crippen LogP) is 3.96. The Morgan fingerprint density at radius 3 is 2.58 bits per heavy atom. The number of carbonyl (C=O) groups excluding carboxylic acids is 1. The minimum Gasteiger partial charge on any atom is -0.481 e. The van der Waals surface area contributed by atoms with Crippen molar-refractivity contribution < 1.29 is 23.5 Å². The van der Waals surface area contributed by atoms with Gasteiger partial charge in [0.1, 0.15) is 0 Å². The molecule has 1 atom stereocenters. The summed E-state index contributed by atoms with van der Waals surface area (Å²) in [5.41, 5.74) is 1.61. The molecule has 3 rings (SSSR count). The van der Waals surface area contributed by atoms with Gasteiger partial charge in [-0.25, -0.2) is 13.6 Å². The molecule has 5 nitrogen and oxygen atoms in total. The van der Waals surface area contributed by atoms with Crippen LogP contribution in [0.25, 0.3) is 11.1 Å². The standard InChI is InChI=1S/C19H18F2N2O3/c20-16-7-6-13(10-17(16)21)12-3-1-5-15(9-12)22-19(26)23-8-2-4-14(11-23)18(24)25/h1,3,5-7,9-10,14H,2,4,8,11H2,(H,22,26)(H,24,25). The number of urea groups is 1. The summed E-state index contributed by atoms with van der Waals surface area (Å²) < 4.78 is 26.5. The highest BCUT2D eigenvalue weighted by molar-refractivity contribution is 5.90. The number of rotatable bonds is 3. The van der Waals surface area contributed by atoms with Gasteiger partial charge in [-0.05, 0) is 48.2 Å². The molecule has 2 N–H and O–H groups in total. The Hall–Kier alpha value is -2.96. The van der Waals surface area contributed by atoms with E-state index in [-0.39, 0.29) is 12.6 Å². The Morgan fingerprint density at radius 1 is 1.08 bits per heavy atom. The first-order chi connectivity index (χ1) is 12.4. The van der Waals surface area contributed by atoms with E-state index in [0.717, 1.165) is 12.1 Å². The second-order valence-electron chi connectivity index (χ2n) is 6.26. The number of anilines is 1. The average Bonchev–Trinajstić information content (AvgIpc) is 2.64. The van der Waals surface area contributed by atoms with Crippen LogP contribution >= 0.6 is 0 Å². The number of carbonyl (C=O) groups is 2. The first-order valence-corrected chi connectivity index (χ1v) is 8.28. The molecule has 0 radical (unpaired) electrons. The SMILES string of the molecule is O=C(O)C1CCCN(C(=O)Nc2cccc(-c3ccc(F)c(F)c3)c2)C1. The summed E-state index contributed by atoms with van der Waals surface area (Å²) in [7, 11) is 0. The summed E-state index contributed by atoms with van der Waals surface area (Å²) in [6, 6.07) is 9.99. The summed E-state index contributed by atoms with van der Waals surface area (Å²) in [6.07, 6.45) is 1.20. The molecule has 26 heavy (non-hydrogen) atoms. The summed E-state index contributed by atoms with van der Waals surface area (Å²) in [5.74, 6) is -3.31. The Kier molecular flexibility index (Phi) is 5.16. The maximum atomic E-state index is 13.4. The van der Waals surface area contributed by atoms with Crippen LogP contribution in [0.2, 0.25) is 0 Å². The quantitative estimate of drug-likeness (QED) is 0.870. The average molecular weight is 360 g/mol. The van der Waals surface area contributed by atoms with Crippen LogP contribution in [0.4, 0.5) is 19.3 Å². The van der Waals surface area contributed by atoms with Gasteiger partial charge in [-0.15, -0.1) is 0 Å². The molecule has 2 amide bonds. The molecule has 1 heterocycles. The molecule has 136 valence electrons. The lowest BCUT2D eigenvalue weighted by Gasteiger charge is -2.30. The normalized spacial score (nSPS) is 17.0. The van der Waals surface area contributed by atoms with Crippen LogP contribution in [0.15, 0.2) is 42.5 Å². The Labute approximate surface area is 149 Å². The third-order valence-corrected chi connectivity index (χ3v) is 4.42. The van der Waals surface area contributed by atoms with E-state index < -0.39 is 23.5 Å². The molecule has 1 unspecified atom stereocenters. The maximum absolute atomic E-state index is 13.4. The number of nitrogens with one attached hydrogen (secondary N) is 1. The van der Waals surface area contributed by atoms with E-state index in [0.29, 0.717) is 36.2 Å². The number of hydrogen-bond acceptors (Lipinski definition) is 2. The van der Waals surface area contributed by atoms with Crippen molar-refractivity contribution in [3.8, 4) is 11.1 Å². The molecular weight excluding hydrogens is 342 g/mol. The minimum absolute atomic E-state index is 0.171. The van der Waals surface area contributed by atoms with E-state index in [1.54, 1.807) is 24.3 Å². The minimum atomic E-state index is -0.940. The van der Waals surface area contributed by atoms with Gasteiger partial charge in [0.05, 0.1) is 5.92 Å². The molecular formula is C19H18F2N2O3. The van der Waals surface area contributed by atoms with Crippen LogP contribution in [0.1, 0.15) is 12.8 Å². The number of amides is 2. The van der Waals surface area contributed by atoms with Crippen molar-refractivity contribution in [3.63, 3.8) is 0 Å². The number of carboxylic acid groups (broad SMARTS) is 1. The second kappa shape index (κ2) is 7.51. The van der Waals surface area contributed by atoms with E-state index in [4.69, 9.17) is 5.11 Å². The zero-order valence-electron chi connectivity index (χ0n) is 13.9. The fraction of sp³-hybridized carbons (Fsp3) is 0.263. The second-order valence-corrected chi connectivity index (χ2v) is 6.26. The van der Waals surface area contributed by atoms with Gasteiger partial charge in [0, 0.05) is 18.8 Å². The number of carboxylic acids is 1. The molecule has 1 aliphatic heterocycles. The van der Waals surface area contributed by atoms with Gasteiger partial charge < -0.3 is 15.3 Å². The Morgan fingerprint density at radius 2 is 1.85 bits per heavy atom. The highest BCUT2D eigenvalue weighted by atomic mass is 19.2. The van der Waals surface area contributed by atoms with Crippen LogP contribution < -0.4 is 5.32 Å². The first kappa shape index (κ1) is 17.8.